The molecule has 0 aromatic carbocycles. The summed E-state index contributed by atoms with van der Waals surface area (Å²) in [5.41, 5.74) is 0.560. The molecule has 1 saturated carbocycles. The average Bonchev–Trinajstić information content (AvgIpc) is 2.26. The zero-order chi connectivity index (χ0) is 12.9. The quantitative estimate of drug-likeness (QED) is 0.704. The lowest BCUT2D eigenvalue weighted by Gasteiger charge is -2.38. The number of hydrogen-bond donors (Lipinski definition) is 1. The smallest absolute Gasteiger partial charge is 0.00747 e. The summed E-state index contributed by atoms with van der Waals surface area (Å²) in [6.07, 6.45) is 9.52. The van der Waals surface area contributed by atoms with Gasteiger partial charge in [0.25, 0.3) is 0 Å². The number of nitrogens with one attached hydrogen (secondary N) is 1. The van der Waals surface area contributed by atoms with Gasteiger partial charge in [0.15, 0.2) is 0 Å². The molecule has 17 heavy (non-hydrogen) atoms. The summed E-state index contributed by atoms with van der Waals surface area (Å²) in [5.74, 6) is 0.865. The minimum Gasteiger partial charge on any atom is -0.311 e. The molecule has 0 amide bonds. The molecule has 102 valence electrons. The second-order valence-electron chi connectivity index (χ2n) is 6.98. The van der Waals surface area contributed by atoms with Crippen LogP contribution < -0.4 is 5.32 Å². The minimum absolute atomic E-state index is 0.560. The molecule has 0 saturated heterocycles. The van der Waals surface area contributed by atoms with Crippen LogP contribution in [0.1, 0.15) is 79.6 Å². The fourth-order valence-corrected chi connectivity index (χ4v) is 3.18. The highest BCUT2D eigenvalue weighted by molar-refractivity contribution is 4.85. The molecule has 1 nitrogen and oxygen atoms in total. The Kier molecular flexibility index (Phi) is 5.99. The van der Waals surface area contributed by atoms with E-state index in [-0.39, 0.29) is 0 Å². The molecule has 0 bridgehead atoms. The molecule has 0 spiro atoms. The van der Waals surface area contributed by atoms with Gasteiger partial charge in [-0.3, -0.25) is 0 Å². The Morgan fingerprint density at radius 2 is 1.94 bits per heavy atom. The van der Waals surface area contributed by atoms with Crippen molar-refractivity contribution in [3.8, 4) is 0 Å². The van der Waals surface area contributed by atoms with Crippen LogP contribution in [0.15, 0.2) is 0 Å². The van der Waals surface area contributed by atoms with Crippen molar-refractivity contribution in [3.05, 3.63) is 0 Å². The lowest BCUT2D eigenvalue weighted by Crippen LogP contribution is -2.43. The fraction of sp³-hybridized carbons (Fsp3) is 1.00. The highest BCUT2D eigenvalue weighted by atomic mass is 15.0. The van der Waals surface area contributed by atoms with E-state index in [2.05, 4.69) is 39.9 Å². The van der Waals surface area contributed by atoms with E-state index in [0.717, 1.165) is 18.0 Å². The van der Waals surface area contributed by atoms with Gasteiger partial charge in [-0.15, -0.1) is 0 Å². The SMILES string of the molecule is CCC(C)CC(CC)NC1CCCC(C)(C)C1. The van der Waals surface area contributed by atoms with Gasteiger partial charge in [-0.1, -0.05) is 47.5 Å². The van der Waals surface area contributed by atoms with Crippen LogP contribution in [0.4, 0.5) is 0 Å². The van der Waals surface area contributed by atoms with Crippen LogP contribution in [0.3, 0.4) is 0 Å². The minimum atomic E-state index is 0.560. The average molecular weight is 239 g/mol. The molecule has 3 unspecified atom stereocenters. The van der Waals surface area contributed by atoms with Gasteiger partial charge in [0, 0.05) is 12.1 Å². The van der Waals surface area contributed by atoms with E-state index in [9.17, 15) is 0 Å². The standard InChI is InChI=1S/C16H33N/c1-6-13(3)11-14(7-2)17-15-9-8-10-16(4,5)12-15/h13-15,17H,6-12H2,1-5H3. The van der Waals surface area contributed by atoms with Gasteiger partial charge in [0.1, 0.15) is 0 Å². The van der Waals surface area contributed by atoms with Gasteiger partial charge in [0.2, 0.25) is 0 Å². The van der Waals surface area contributed by atoms with E-state index < -0.39 is 0 Å². The van der Waals surface area contributed by atoms with Crippen molar-refractivity contribution >= 4 is 0 Å². The van der Waals surface area contributed by atoms with Crippen LogP contribution >= 0.6 is 0 Å². The summed E-state index contributed by atoms with van der Waals surface area (Å²) >= 11 is 0. The van der Waals surface area contributed by atoms with E-state index in [0.29, 0.717) is 5.41 Å². The molecule has 3 atom stereocenters. The highest BCUT2D eigenvalue weighted by Crippen LogP contribution is 2.35. The lowest BCUT2D eigenvalue weighted by molar-refractivity contribution is 0.182. The third-order valence-corrected chi connectivity index (χ3v) is 4.55. The molecule has 1 N–H and O–H groups in total. The van der Waals surface area contributed by atoms with Crippen molar-refractivity contribution in [2.75, 3.05) is 0 Å². The van der Waals surface area contributed by atoms with Crippen LogP contribution in [0.5, 0.6) is 0 Å². The molecule has 1 aliphatic rings. The molecular weight excluding hydrogens is 206 g/mol. The Labute approximate surface area is 109 Å². The summed E-state index contributed by atoms with van der Waals surface area (Å²) in [6, 6.07) is 1.51. The van der Waals surface area contributed by atoms with Gasteiger partial charge in [-0.25, -0.2) is 0 Å². The molecule has 1 heteroatoms. The van der Waals surface area contributed by atoms with Crippen LogP contribution in [-0.4, -0.2) is 12.1 Å². The van der Waals surface area contributed by atoms with Crippen molar-refractivity contribution in [2.24, 2.45) is 11.3 Å². The Morgan fingerprint density at radius 1 is 1.24 bits per heavy atom. The van der Waals surface area contributed by atoms with Gasteiger partial charge in [-0.2, -0.15) is 0 Å². The first-order valence-corrected chi connectivity index (χ1v) is 7.73. The molecule has 0 aromatic rings. The van der Waals surface area contributed by atoms with Gasteiger partial charge < -0.3 is 5.32 Å². The monoisotopic (exact) mass is 239 g/mol. The summed E-state index contributed by atoms with van der Waals surface area (Å²) in [5, 5.41) is 3.93. The van der Waals surface area contributed by atoms with Gasteiger partial charge in [0.05, 0.1) is 0 Å². The summed E-state index contributed by atoms with van der Waals surface area (Å²) in [4.78, 5) is 0. The second-order valence-corrected chi connectivity index (χ2v) is 6.98. The number of hydrogen-bond acceptors (Lipinski definition) is 1. The molecule has 1 rings (SSSR count). The second kappa shape index (κ2) is 6.78. The molecule has 0 heterocycles. The van der Waals surface area contributed by atoms with Crippen LogP contribution in [0, 0.1) is 11.3 Å². The van der Waals surface area contributed by atoms with E-state index in [1.807, 2.05) is 0 Å². The van der Waals surface area contributed by atoms with Crippen LogP contribution in [0.2, 0.25) is 0 Å². The van der Waals surface area contributed by atoms with E-state index in [1.165, 1.54) is 44.9 Å². The Hall–Kier alpha value is -0.0400. The first-order chi connectivity index (χ1) is 7.96. The summed E-state index contributed by atoms with van der Waals surface area (Å²) < 4.78 is 0. The van der Waals surface area contributed by atoms with Crippen molar-refractivity contribution < 1.29 is 0 Å². The van der Waals surface area contributed by atoms with Crippen LogP contribution in [-0.2, 0) is 0 Å². The van der Waals surface area contributed by atoms with E-state index in [1.54, 1.807) is 0 Å². The normalized spacial score (nSPS) is 27.7. The molecule has 0 aliphatic heterocycles. The Bertz CT molecular complexity index is 210. The Balaban J connectivity index is 2.39. The van der Waals surface area contributed by atoms with Gasteiger partial charge >= 0.3 is 0 Å². The Morgan fingerprint density at radius 3 is 2.47 bits per heavy atom. The van der Waals surface area contributed by atoms with E-state index in [4.69, 9.17) is 0 Å². The van der Waals surface area contributed by atoms with Crippen molar-refractivity contribution in [2.45, 2.75) is 91.6 Å². The maximum atomic E-state index is 3.93. The maximum absolute atomic E-state index is 3.93. The molecule has 1 fully saturated rings. The summed E-state index contributed by atoms with van der Waals surface area (Å²) in [7, 11) is 0. The predicted octanol–water partition coefficient (Wildman–Crippen LogP) is 4.76. The van der Waals surface area contributed by atoms with Crippen molar-refractivity contribution in [1.29, 1.82) is 0 Å². The first kappa shape index (κ1) is 15.0. The predicted molar refractivity (Wildman–Crippen MR) is 77.3 cm³/mol. The molecule has 0 aromatic heterocycles. The zero-order valence-corrected chi connectivity index (χ0v) is 12.7. The number of rotatable bonds is 6. The fourth-order valence-electron chi connectivity index (χ4n) is 3.18. The van der Waals surface area contributed by atoms with Crippen molar-refractivity contribution in [1.82, 2.24) is 5.32 Å². The zero-order valence-electron chi connectivity index (χ0n) is 12.7. The third kappa shape index (κ3) is 5.42. The van der Waals surface area contributed by atoms with Gasteiger partial charge in [-0.05, 0) is 43.4 Å². The molecule has 1 aliphatic carbocycles. The molecular formula is C16H33N. The largest absolute Gasteiger partial charge is 0.311 e. The third-order valence-electron chi connectivity index (χ3n) is 4.55. The summed E-state index contributed by atoms with van der Waals surface area (Å²) in [6.45, 7) is 11.9. The van der Waals surface area contributed by atoms with Crippen LogP contribution in [0.25, 0.3) is 0 Å². The highest BCUT2D eigenvalue weighted by Gasteiger charge is 2.28. The molecule has 0 radical (unpaired) electrons. The first-order valence-electron chi connectivity index (χ1n) is 7.73. The van der Waals surface area contributed by atoms with E-state index >= 15 is 0 Å². The van der Waals surface area contributed by atoms with Crippen molar-refractivity contribution in [3.63, 3.8) is 0 Å². The lowest BCUT2D eigenvalue weighted by atomic mass is 9.75. The maximum Gasteiger partial charge on any atom is 0.00747 e. The topological polar surface area (TPSA) is 12.0 Å².